The predicted octanol–water partition coefficient (Wildman–Crippen LogP) is 4.27. The standard InChI is InChI=1S/C20H18Cl2N2O2/c1-13(20(25)24-17-12-15(21)9-10-16(17)22)23-19(18-8-5-11-26-18)14-6-3-2-4-7-14/h2-13,19,23H,1H3,(H,24,25)/p+1/t13-,19-/m0/s1. The number of hydrogen-bond acceptors (Lipinski definition) is 2. The number of furan rings is 1. The number of benzene rings is 2. The molecular weight excluding hydrogens is 371 g/mol. The molecule has 1 amide bonds. The summed E-state index contributed by atoms with van der Waals surface area (Å²) in [6.07, 6.45) is 1.63. The van der Waals surface area contributed by atoms with Crippen molar-refractivity contribution in [2.45, 2.75) is 19.0 Å². The van der Waals surface area contributed by atoms with Crippen LogP contribution in [-0.2, 0) is 4.79 Å². The van der Waals surface area contributed by atoms with Crippen molar-refractivity contribution in [2.24, 2.45) is 0 Å². The molecule has 3 rings (SSSR count). The summed E-state index contributed by atoms with van der Waals surface area (Å²) in [5.41, 5.74) is 1.56. The van der Waals surface area contributed by atoms with Crippen LogP contribution in [0.5, 0.6) is 0 Å². The summed E-state index contributed by atoms with van der Waals surface area (Å²) in [4.78, 5) is 12.6. The molecule has 4 nitrogen and oxygen atoms in total. The lowest BCUT2D eigenvalue weighted by Crippen LogP contribution is -2.92. The first-order valence-corrected chi connectivity index (χ1v) is 8.99. The van der Waals surface area contributed by atoms with E-state index in [9.17, 15) is 4.79 Å². The van der Waals surface area contributed by atoms with Gasteiger partial charge >= 0.3 is 0 Å². The summed E-state index contributed by atoms with van der Waals surface area (Å²) in [5, 5.41) is 5.75. The van der Waals surface area contributed by atoms with Crippen molar-refractivity contribution >= 4 is 34.8 Å². The molecule has 3 aromatic rings. The van der Waals surface area contributed by atoms with Gasteiger partial charge < -0.3 is 15.1 Å². The number of hydrogen-bond donors (Lipinski definition) is 2. The van der Waals surface area contributed by atoms with E-state index in [2.05, 4.69) is 5.32 Å². The molecule has 1 aromatic heterocycles. The number of amides is 1. The number of nitrogens with one attached hydrogen (secondary N) is 1. The van der Waals surface area contributed by atoms with Gasteiger partial charge in [-0.15, -0.1) is 0 Å². The van der Waals surface area contributed by atoms with Crippen LogP contribution in [0.15, 0.2) is 71.3 Å². The van der Waals surface area contributed by atoms with E-state index in [1.54, 1.807) is 24.5 Å². The van der Waals surface area contributed by atoms with Crippen LogP contribution in [0.2, 0.25) is 10.0 Å². The fourth-order valence-electron chi connectivity index (χ4n) is 2.71. The van der Waals surface area contributed by atoms with Gasteiger partial charge in [0.05, 0.1) is 17.0 Å². The van der Waals surface area contributed by atoms with Crippen LogP contribution in [0.3, 0.4) is 0 Å². The molecule has 2 atom stereocenters. The van der Waals surface area contributed by atoms with E-state index >= 15 is 0 Å². The summed E-state index contributed by atoms with van der Waals surface area (Å²) in [5.74, 6) is 0.623. The maximum atomic E-state index is 12.6. The Morgan fingerprint density at radius 2 is 1.85 bits per heavy atom. The van der Waals surface area contributed by atoms with Crippen LogP contribution in [0.1, 0.15) is 24.3 Å². The third-order valence-corrected chi connectivity index (χ3v) is 4.65. The van der Waals surface area contributed by atoms with Gasteiger partial charge in [0.2, 0.25) is 0 Å². The predicted molar refractivity (Wildman–Crippen MR) is 103 cm³/mol. The van der Waals surface area contributed by atoms with Gasteiger partial charge in [0, 0.05) is 10.6 Å². The number of anilines is 1. The first kappa shape index (κ1) is 18.5. The molecule has 2 aromatic carbocycles. The Labute approximate surface area is 162 Å². The summed E-state index contributed by atoms with van der Waals surface area (Å²) < 4.78 is 5.58. The lowest BCUT2D eigenvalue weighted by atomic mass is 10.0. The van der Waals surface area contributed by atoms with Crippen molar-refractivity contribution in [2.75, 3.05) is 5.32 Å². The summed E-state index contributed by atoms with van der Waals surface area (Å²) in [7, 11) is 0. The molecule has 0 spiro atoms. The van der Waals surface area contributed by atoms with Crippen molar-refractivity contribution in [3.05, 3.63) is 88.3 Å². The van der Waals surface area contributed by atoms with Gasteiger partial charge in [-0.3, -0.25) is 4.79 Å². The molecule has 26 heavy (non-hydrogen) atoms. The maximum absolute atomic E-state index is 12.6. The molecule has 0 saturated carbocycles. The molecule has 0 aliphatic carbocycles. The van der Waals surface area contributed by atoms with Gasteiger partial charge in [-0.25, -0.2) is 0 Å². The van der Waals surface area contributed by atoms with Gasteiger partial charge in [0.1, 0.15) is 0 Å². The van der Waals surface area contributed by atoms with E-state index in [4.69, 9.17) is 27.6 Å². The quantitative estimate of drug-likeness (QED) is 0.661. The number of halogens is 2. The monoisotopic (exact) mass is 389 g/mol. The topological polar surface area (TPSA) is 58.9 Å². The van der Waals surface area contributed by atoms with Crippen LogP contribution < -0.4 is 10.6 Å². The zero-order valence-electron chi connectivity index (χ0n) is 14.2. The molecule has 0 aliphatic rings. The van der Waals surface area contributed by atoms with Gasteiger partial charge in [0.25, 0.3) is 5.91 Å². The minimum Gasteiger partial charge on any atom is -0.463 e. The second-order valence-corrected chi connectivity index (χ2v) is 6.84. The first-order chi connectivity index (χ1) is 12.5. The van der Waals surface area contributed by atoms with Crippen molar-refractivity contribution < 1.29 is 14.5 Å². The highest BCUT2D eigenvalue weighted by molar-refractivity contribution is 6.35. The minimum atomic E-state index is -0.375. The van der Waals surface area contributed by atoms with Gasteiger partial charge in [-0.05, 0) is 37.3 Å². The number of rotatable bonds is 6. The molecule has 0 radical (unpaired) electrons. The summed E-state index contributed by atoms with van der Waals surface area (Å²) in [6.45, 7) is 1.84. The lowest BCUT2D eigenvalue weighted by molar-refractivity contribution is -0.706. The first-order valence-electron chi connectivity index (χ1n) is 8.24. The Morgan fingerprint density at radius 1 is 1.08 bits per heavy atom. The molecule has 0 fully saturated rings. The van der Waals surface area contributed by atoms with Crippen molar-refractivity contribution in [1.29, 1.82) is 0 Å². The normalized spacial score (nSPS) is 13.2. The van der Waals surface area contributed by atoms with E-state index in [0.29, 0.717) is 15.7 Å². The largest absolute Gasteiger partial charge is 0.463 e. The lowest BCUT2D eigenvalue weighted by Gasteiger charge is -2.19. The molecule has 3 N–H and O–H groups in total. The van der Waals surface area contributed by atoms with Gasteiger partial charge in [-0.1, -0.05) is 53.5 Å². The highest BCUT2D eigenvalue weighted by Gasteiger charge is 2.27. The van der Waals surface area contributed by atoms with Crippen molar-refractivity contribution in [1.82, 2.24) is 0 Å². The van der Waals surface area contributed by atoms with E-state index < -0.39 is 0 Å². The number of nitrogens with two attached hydrogens (primary N) is 1. The third kappa shape index (κ3) is 4.47. The highest BCUT2D eigenvalue weighted by Crippen LogP contribution is 2.25. The Balaban J connectivity index is 1.76. The Kier molecular flexibility index (Phi) is 5.99. The molecule has 134 valence electrons. The molecule has 0 unspecified atom stereocenters. The smallest absolute Gasteiger partial charge is 0.282 e. The molecule has 0 aliphatic heterocycles. The Bertz CT molecular complexity index is 867. The van der Waals surface area contributed by atoms with Crippen molar-refractivity contribution in [3.8, 4) is 0 Å². The fourth-order valence-corrected chi connectivity index (χ4v) is 3.05. The maximum Gasteiger partial charge on any atom is 0.282 e. The molecular formula is C20H19Cl2N2O2+. The van der Waals surface area contributed by atoms with Gasteiger partial charge in [-0.2, -0.15) is 0 Å². The number of quaternary nitrogens is 1. The van der Waals surface area contributed by atoms with Crippen LogP contribution in [0.25, 0.3) is 0 Å². The second kappa shape index (κ2) is 8.41. The summed E-state index contributed by atoms with van der Waals surface area (Å²) in [6, 6.07) is 18.1. The van der Waals surface area contributed by atoms with Crippen LogP contribution >= 0.6 is 23.2 Å². The Morgan fingerprint density at radius 3 is 2.54 bits per heavy atom. The van der Waals surface area contributed by atoms with E-state index in [0.717, 1.165) is 11.3 Å². The van der Waals surface area contributed by atoms with Gasteiger partial charge in [0.15, 0.2) is 17.8 Å². The highest BCUT2D eigenvalue weighted by atomic mass is 35.5. The van der Waals surface area contributed by atoms with E-state index in [1.165, 1.54) is 0 Å². The molecule has 6 heteroatoms. The Hall–Kier alpha value is -2.27. The average molecular weight is 390 g/mol. The minimum absolute atomic E-state index is 0.123. The van der Waals surface area contributed by atoms with E-state index in [-0.39, 0.29) is 18.0 Å². The third-order valence-electron chi connectivity index (χ3n) is 4.09. The SMILES string of the molecule is C[C@H]([NH2+][C@@H](c1ccccc1)c1ccco1)C(=O)Nc1cc(Cl)ccc1Cl. The number of carbonyl (C=O) groups is 1. The molecule has 0 saturated heterocycles. The van der Waals surface area contributed by atoms with Crippen molar-refractivity contribution in [3.63, 3.8) is 0 Å². The summed E-state index contributed by atoms with van der Waals surface area (Å²) >= 11 is 12.1. The average Bonchev–Trinajstić information content (AvgIpc) is 3.17. The second-order valence-electron chi connectivity index (χ2n) is 6.00. The van der Waals surface area contributed by atoms with E-state index in [1.807, 2.05) is 54.7 Å². The zero-order chi connectivity index (χ0) is 18.5. The molecule has 1 heterocycles. The number of carbonyl (C=O) groups excluding carboxylic acids is 1. The fraction of sp³-hybridized carbons (Fsp3) is 0.150. The molecule has 0 bridgehead atoms. The van der Waals surface area contributed by atoms with Crippen LogP contribution in [0.4, 0.5) is 5.69 Å². The van der Waals surface area contributed by atoms with Crippen LogP contribution in [-0.4, -0.2) is 11.9 Å². The van der Waals surface area contributed by atoms with Crippen LogP contribution in [0, 0.1) is 0 Å². The zero-order valence-corrected chi connectivity index (χ0v) is 15.7.